The summed E-state index contributed by atoms with van der Waals surface area (Å²) in [6.07, 6.45) is 2.25. The van der Waals surface area contributed by atoms with Gasteiger partial charge in [-0.15, -0.1) is 0 Å². The lowest BCUT2D eigenvalue weighted by molar-refractivity contribution is 0.451. The van der Waals surface area contributed by atoms with E-state index in [1.54, 1.807) is 0 Å². The zero-order valence-corrected chi connectivity index (χ0v) is 8.92. The Hall–Kier alpha value is -1.06. The maximum atomic E-state index is 5.92. The molecular formula is C11H11ClN2O. The lowest BCUT2D eigenvalue weighted by atomic mass is 9.95. The molecule has 15 heavy (non-hydrogen) atoms. The molecular weight excluding hydrogens is 212 g/mol. The summed E-state index contributed by atoms with van der Waals surface area (Å²) < 4.78 is 5.27. The van der Waals surface area contributed by atoms with Crippen molar-refractivity contribution in [2.24, 2.45) is 5.73 Å². The van der Waals surface area contributed by atoms with Crippen molar-refractivity contribution in [2.45, 2.75) is 18.3 Å². The first-order chi connectivity index (χ1) is 7.27. The van der Waals surface area contributed by atoms with Crippen LogP contribution in [0.1, 0.15) is 18.4 Å². The smallest absolute Gasteiger partial charge is 0.180 e. The molecule has 0 saturated heterocycles. The Bertz CT molecular complexity index is 516. The molecule has 0 spiro atoms. The van der Waals surface area contributed by atoms with E-state index in [0.29, 0.717) is 11.7 Å². The van der Waals surface area contributed by atoms with Crippen LogP contribution in [0.3, 0.4) is 0 Å². The second-order valence-electron chi connectivity index (χ2n) is 4.14. The van der Waals surface area contributed by atoms with Gasteiger partial charge in [-0.05, 0) is 18.9 Å². The Balaban J connectivity index is 2.27. The number of nitrogens with two attached hydrogens (primary N) is 1. The molecule has 78 valence electrons. The third-order valence-corrected chi connectivity index (χ3v) is 3.54. The summed E-state index contributed by atoms with van der Waals surface area (Å²) in [4.78, 5) is 0. The highest BCUT2D eigenvalue weighted by atomic mass is 35.5. The molecule has 1 heterocycles. The van der Waals surface area contributed by atoms with Crippen LogP contribution in [0.25, 0.3) is 11.0 Å². The fraction of sp³-hybridized carbons (Fsp3) is 0.364. The SMILES string of the molecule is NCC1(c2cccc3c(Cl)noc23)CC1. The number of aromatic nitrogens is 1. The molecule has 1 aliphatic carbocycles. The number of hydrogen-bond acceptors (Lipinski definition) is 3. The van der Waals surface area contributed by atoms with E-state index >= 15 is 0 Å². The van der Waals surface area contributed by atoms with Crippen LogP contribution in [0.4, 0.5) is 0 Å². The Morgan fingerprint density at radius 2 is 2.27 bits per heavy atom. The second-order valence-corrected chi connectivity index (χ2v) is 4.50. The van der Waals surface area contributed by atoms with E-state index in [1.165, 1.54) is 0 Å². The van der Waals surface area contributed by atoms with Crippen LogP contribution in [-0.4, -0.2) is 11.7 Å². The summed E-state index contributed by atoms with van der Waals surface area (Å²) in [5.41, 5.74) is 7.87. The fourth-order valence-corrected chi connectivity index (χ4v) is 2.27. The number of benzene rings is 1. The zero-order valence-electron chi connectivity index (χ0n) is 8.16. The standard InChI is InChI=1S/C11H11ClN2O/c12-10-7-2-1-3-8(9(7)15-14-10)11(6-13)4-5-11/h1-3H,4-6,13H2. The number of halogens is 1. The van der Waals surface area contributed by atoms with Gasteiger partial charge < -0.3 is 10.3 Å². The predicted octanol–water partition coefficient (Wildman–Crippen LogP) is 2.47. The largest absolute Gasteiger partial charge is 0.354 e. The minimum Gasteiger partial charge on any atom is -0.354 e. The van der Waals surface area contributed by atoms with Crippen molar-refractivity contribution in [3.63, 3.8) is 0 Å². The van der Waals surface area contributed by atoms with Crippen molar-refractivity contribution in [1.82, 2.24) is 5.16 Å². The van der Waals surface area contributed by atoms with Crippen molar-refractivity contribution >= 4 is 22.6 Å². The third kappa shape index (κ3) is 1.20. The normalized spacial score (nSPS) is 18.3. The molecule has 1 aliphatic rings. The van der Waals surface area contributed by atoms with Crippen molar-refractivity contribution in [1.29, 1.82) is 0 Å². The molecule has 0 atom stereocenters. The van der Waals surface area contributed by atoms with Gasteiger partial charge in [-0.3, -0.25) is 0 Å². The van der Waals surface area contributed by atoms with Crippen molar-refractivity contribution < 1.29 is 4.52 Å². The molecule has 1 saturated carbocycles. The topological polar surface area (TPSA) is 52.0 Å². The molecule has 1 fully saturated rings. The van der Waals surface area contributed by atoms with Gasteiger partial charge in [-0.1, -0.05) is 28.9 Å². The van der Waals surface area contributed by atoms with E-state index in [-0.39, 0.29) is 5.41 Å². The van der Waals surface area contributed by atoms with Gasteiger partial charge in [0.15, 0.2) is 10.7 Å². The molecule has 1 aromatic carbocycles. The van der Waals surface area contributed by atoms with Gasteiger partial charge in [-0.25, -0.2) is 0 Å². The molecule has 0 aliphatic heterocycles. The summed E-state index contributed by atoms with van der Waals surface area (Å²) >= 11 is 5.92. The van der Waals surface area contributed by atoms with Gasteiger partial charge in [0.05, 0.1) is 5.39 Å². The van der Waals surface area contributed by atoms with Gasteiger partial charge in [0.2, 0.25) is 0 Å². The first kappa shape index (κ1) is 9.19. The highest BCUT2D eigenvalue weighted by Crippen LogP contribution is 2.49. The molecule has 0 radical (unpaired) electrons. The molecule has 0 amide bonds. The number of fused-ring (bicyclic) bond motifs is 1. The minimum atomic E-state index is 0.113. The second kappa shape index (κ2) is 2.97. The maximum absolute atomic E-state index is 5.92. The molecule has 4 heteroatoms. The molecule has 3 rings (SSSR count). The number of hydrogen-bond donors (Lipinski definition) is 1. The third-order valence-electron chi connectivity index (χ3n) is 3.27. The Morgan fingerprint density at radius 3 is 2.93 bits per heavy atom. The lowest BCUT2D eigenvalue weighted by Gasteiger charge is -2.11. The molecule has 2 aromatic rings. The summed E-state index contributed by atoms with van der Waals surface area (Å²) in [7, 11) is 0. The number of nitrogens with zero attached hydrogens (tertiary/aromatic N) is 1. The van der Waals surface area contributed by atoms with Gasteiger partial charge in [0, 0.05) is 17.5 Å². The average Bonchev–Trinajstić information content (AvgIpc) is 2.98. The van der Waals surface area contributed by atoms with Crippen molar-refractivity contribution in [3.8, 4) is 0 Å². The van der Waals surface area contributed by atoms with E-state index in [4.69, 9.17) is 21.9 Å². The quantitative estimate of drug-likeness (QED) is 0.849. The number of rotatable bonds is 2. The maximum Gasteiger partial charge on any atom is 0.180 e. The average molecular weight is 223 g/mol. The van der Waals surface area contributed by atoms with Gasteiger partial charge in [-0.2, -0.15) is 0 Å². The first-order valence-corrected chi connectivity index (χ1v) is 5.39. The lowest BCUT2D eigenvalue weighted by Crippen LogP contribution is -2.19. The minimum absolute atomic E-state index is 0.113. The fourth-order valence-electron chi connectivity index (χ4n) is 2.08. The first-order valence-electron chi connectivity index (χ1n) is 5.01. The van der Waals surface area contributed by atoms with Crippen LogP contribution in [0.15, 0.2) is 22.7 Å². The van der Waals surface area contributed by atoms with Crippen LogP contribution >= 0.6 is 11.6 Å². The highest BCUT2D eigenvalue weighted by Gasteiger charge is 2.44. The number of para-hydroxylation sites is 1. The molecule has 0 unspecified atom stereocenters. The monoisotopic (exact) mass is 222 g/mol. The predicted molar refractivity (Wildman–Crippen MR) is 59.0 cm³/mol. The zero-order chi connectivity index (χ0) is 10.5. The Labute approximate surface area is 92.2 Å². The van der Waals surface area contributed by atoms with E-state index in [9.17, 15) is 0 Å². The van der Waals surface area contributed by atoms with Crippen LogP contribution in [-0.2, 0) is 5.41 Å². The molecule has 2 N–H and O–H groups in total. The summed E-state index contributed by atoms with van der Waals surface area (Å²) in [6.45, 7) is 0.657. The molecule has 1 aromatic heterocycles. The highest BCUT2D eigenvalue weighted by molar-refractivity contribution is 6.34. The van der Waals surface area contributed by atoms with Crippen LogP contribution in [0.5, 0.6) is 0 Å². The van der Waals surface area contributed by atoms with Gasteiger partial charge in [0.1, 0.15) is 0 Å². The van der Waals surface area contributed by atoms with E-state index in [0.717, 1.165) is 29.4 Å². The van der Waals surface area contributed by atoms with Crippen molar-refractivity contribution in [2.75, 3.05) is 6.54 Å². The van der Waals surface area contributed by atoms with E-state index in [2.05, 4.69) is 11.2 Å². The summed E-state index contributed by atoms with van der Waals surface area (Å²) in [5.74, 6) is 0. The van der Waals surface area contributed by atoms with Crippen LogP contribution in [0, 0.1) is 0 Å². The van der Waals surface area contributed by atoms with Crippen LogP contribution < -0.4 is 5.73 Å². The van der Waals surface area contributed by atoms with Gasteiger partial charge in [0.25, 0.3) is 0 Å². The van der Waals surface area contributed by atoms with Gasteiger partial charge >= 0.3 is 0 Å². The molecule has 0 bridgehead atoms. The van der Waals surface area contributed by atoms with E-state index < -0.39 is 0 Å². The summed E-state index contributed by atoms with van der Waals surface area (Å²) in [5, 5.41) is 5.10. The van der Waals surface area contributed by atoms with E-state index in [1.807, 2.05) is 12.1 Å². The molecule has 3 nitrogen and oxygen atoms in total. The Morgan fingerprint density at radius 1 is 1.47 bits per heavy atom. The van der Waals surface area contributed by atoms with Crippen LogP contribution in [0.2, 0.25) is 5.15 Å². The summed E-state index contributed by atoms with van der Waals surface area (Å²) in [6, 6.07) is 5.96. The Kier molecular flexibility index (Phi) is 1.82. The van der Waals surface area contributed by atoms with Crippen molar-refractivity contribution in [3.05, 3.63) is 28.9 Å².